The normalized spacial score (nSPS) is 11.7. The Morgan fingerprint density at radius 2 is 1.62 bits per heavy atom. The van der Waals surface area contributed by atoms with E-state index in [1.807, 2.05) is 6.92 Å². The first-order valence-corrected chi connectivity index (χ1v) is 6.48. The van der Waals surface area contributed by atoms with E-state index in [1.165, 1.54) is 24.3 Å². The summed E-state index contributed by atoms with van der Waals surface area (Å²) in [7, 11) is 0. The molecule has 0 amide bonds. The van der Waals surface area contributed by atoms with Gasteiger partial charge >= 0.3 is 6.18 Å². The third-order valence-electron chi connectivity index (χ3n) is 3.24. The summed E-state index contributed by atoms with van der Waals surface area (Å²) >= 11 is 0. The van der Waals surface area contributed by atoms with Crippen LogP contribution in [-0.2, 0) is 19.3 Å². The molecule has 0 bridgehead atoms. The fraction of sp³-hybridized carbons (Fsp3) is 0.250. The number of hydrogen-bond donors (Lipinski definition) is 1. The summed E-state index contributed by atoms with van der Waals surface area (Å²) in [6.45, 7) is 2.77. The monoisotopic (exact) mass is 297 g/mol. The van der Waals surface area contributed by atoms with Gasteiger partial charge in [-0.25, -0.2) is 4.39 Å². The Kier molecular flexibility index (Phi) is 4.63. The van der Waals surface area contributed by atoms with Crippen LogP contribution >= 0.6 is 0 Å². The van der Waals surface area contributed by atoms with Crippen molar-refractivity contribution in [2.45, 2.75) is 26.2 Å². The highest BCUT2D eigenvalue weighted by molar-refractivity contribution is 5.27. The molecule has 0 saturated carbocycles. The van der Waals surface area contributed by atoms with Gasteiger partial charge in [-0.1, -0.05) is 18.2 Å². The Hall–Kier alpha value is -1.88. The van der Waals surface area contributed by atoms with Gasteiger partial charge in [-0.3, -0.25) is 0 Å². The molecular formula is C16H15F4N. The molecule has 0 aliphatic carbocycles. The predicted octanol–water partition coefficient (Wildman–Crippen LogP) is 4.44. The van der Waals surface area contributed by atoms with Gasteiger partial charge in [0.05, 0.1) is 5.56 Å². The van der Waals surface area contributed by atoms with Gasteiger partial charge in [-0.15, -0.1) is 0 Å². The van der Waals surface area contributed by atoms with Crippen LogP contribution in [0.25, 0.3) is 0 Å². The van der Waals surface area contributed by atoms with E-state index in [-0.39, 0.29) is 5.82 Å². The van der Waals surface area contributed by atoms with Gasteiger partial charge in [-0.2, -0.15) is 13.2 Å². The second kappa shape index (κ2) is 6.26. The summed E-state index contributed by atoms with van der Waals surface area (Å²) in [5.74, 6) is -0.299. The molecule has 0 unspecified atom stereocenters. The Morgan fingerprint density at radius 3 is 2.24 bits per heavy atom. The largest absolute Gasteiger partial charge is 0.416 e. The Bertz CT molecular complexity index is 603. The number of benzene rings is 2. The lowest BCUT2D eigenvalue weighted by Crippen LogP contribution is -2.14. The highest BCUT2D eigenvalue weighted by Crippen LogP contribution is 2.29. The highest BCUT2D eigenvalue weighted by atomic mass is 19.4. The molecule has 0 aliphatic heterocycles. The SMILES string of the molecule is Cc1ccc(F)cc1CNCc1ccc(C(F)(F)F)cc1. The van der Waals surface area contributed by atoms with Crippen molar-refractivity contribution in [3.8, 4) is 0 Å². The first-order chi connectivity index (χ1) is 9.86. The van der Waals surface area contributed by atoms with Crippen molar-refractivity contribution < 1.29 is 17.6 Å². The maximum absolute atomic E-state index is 13.1. The fourth-order valence-electron chi connectivity index (χ4n) is 1.98. The van der Waals surface area contributed by atoms with Crippen LogP contribution in [0.1, 0.15) is 22.3 Å². The van der Waals surface area contributed by atoms with Crippen LogP contribution in [0.4, 0.5) is 17.6 Å². The first kappa shape index (κ1) is 15.5. The molecule has 0 aliphatic rings. The van der Waals surface area contributed by atoms with Crippen molar-refractivity contribution in [1.82, 2.24) is 5.32 Å². The van der Waals surface area contributed by atoms with Crippen LogP contribution in [-0.4, -0.2) is 0 Å². The van der Waals surface area contributed by atoms with Crippen molar-refractivity contribution >= 4 is 0 Å². The van der Waals surface area contributed by atoms with Gasteiger partial charge in [0.25, 0.3) is 0 Å². The molecule has 1 N–H and O–H groups in total. The van der Waals surface area contributed by atoms with Crippen LogP contribution in [0.2, 0.25) is 0 Å². The molecule has 2 aromatic carbocycles. The van der Waals surface area contributed by atoms with E-state index in [1.54, 1.807) is 6.07 Å². The molecule has 1 nitrogen and oxygen atoms in total. The Labute approximate surface area is 120 Å². The predicted molar refractivity (Wildman–Crippen MR) is 73.1 cm³/mol. The second-order valence-electron chi connectivity index (χ2n) is 4.87. The van der Waals surface area contributed by atoms with Crippen LogP contribution in [0.3, 0.4) is 0 Å². The molecule has 0 radical (unpaired) electrons. The lowest BCUT2D eigenvalue weighted by atomic mass is 10.1. The van der Waals surface area contributed by atoms with Crippen molar-refractivity contribution in [3.05, 3.63) is 70.5 Å². The molecule has 2 aromatic rings. The second-order valence-corrected chi connectivity index (χ2v) is 4.87. The van der Waals surface area contributed by atoms with Crippen LogP contribution in [0.15, 0.2) is 42.5 Å². The number of aryl methyl sites for hydroxylation is 1. The highest BCUT2D eigenvalue weighted by Gasteiger charge is 2.29. The van der Waals surface area contributed by atoms with Crippen LogP contribution in [0, 0.1) is 12.7 Å². The van der Waals surface area contributed by atoms with Crippen LogP contribution < -0.4 is 5.32 Å². The van der Waals surface area contributed by atoms with Gasteiger partial charge in [0.15, 0.2) is 0 Å². The molecule has 0 heterocycles. The minimum Gasteiger partial charge on any atom is -0.309 e. The lowest BCUT2D eigenvalue weighted by Gasteiger charge is -2.10. The first-order valence-electron chi connectivity index (χ1n) is 6.48. The maximum Gasteiger partial charge on any atom is 0.416 e. The number of hydrogen-bond acceptors (Lipinski definition) is 1. The topological polar surface area (TPSA) is 12.0 Å². The smallest absolute Gasteiger partial charge is 0.309 e. The van der Waals surface area contributed by atoms with Crippen molar-refractivity contribution in [2.75, 3.05) is 0 Å². The number of alkyl halides is 3. The van der Waals surface area contributed by atoms with Gasteiger partial charge in [0.2, 0.25) is 0 Å². The quantitative estimate of drug-likeness (QED) is 0.823. The van der Waals surface area contributed by atoms with Gasteiger partial charge in [0, 0.05) is 13.1 Å². The van der Waals surface area contributed by atoms with E-state index in [0.717, 1.165) is 28.8 Å². The summed E-state index contributed by atoms with van der Waals surface area (Å²) in [6, 6.07) is 9.55. The van der Waals surface area contributed by atoms with Crippen molar-refractivity contribution in [1.29, 1.82) is 0 Å². The number of nitrogens with one attached hydrogen (secondary N) is 1. The third-order valence-corrected chi connectivity index (χ3v) is 3.24. The zero-order chi connectivity index (χ0) is 15.5. The Balaban J connectivity index is 1.93. The summed E-state index contributed by atoms with van der Waals surface area (Å²) < 4.78 is 50.4. The molecule has 112 valence electrons. The molecule has 0 saturated heterocycles. The van der Waals surface area contributed by atoms with Crippen LogP contribution in [0.5, 0.6) is 0 Å². The molecule has 2 rings (SSSR count). The van der Waals surface area contributed by atoms with E-state index < -0.39 is 11.7 Å². The van der Waals surface area contributed by atoms with Gasteiger partial charge < -0.3 is 5.32 Å². The molecule has 0 fully saturated rings. The molecule has 0 spiro atoms. The van der Waals surface area contributed by atoms with Crippen molar-refractivity contribution in [3.63, 3.8) is 0 Å². The minimum atomic E-state index is -4.31. The molecule has 5 heteroatoms. The average molecular weight is 297 g/mol. The van der Waals surface area contributed by atoms with E-state index in [4.69, 9.17) is 0 Å². The van der Waals surface area contributed by atoms with Crippen molar-refractivity contribution in [2.24, 2.45) is 0 Å². The average Bonchev–Trinajstić information content (AvgIpc) is 2.42. The summed E-state index contributed by atoms with van der Waals surface area (Å²) in [4.78, 5) is 0. The van der Waals surface area contributed by atoms with E-state index >= 15 is 0 Å². The zero-order valence-corrected chi connectivity index (χ0v) is 11.5. The minimum absolute atomic E-state index is 0.299. The lowest BCUT2D eigenvalue weighted by molar-refractivity contribution is -0.137. The summed E-state index contributed by atoms with van der Waals surface area (Å²) in [5.41, 5.74) is 1.89. The number of rotatable bonds is 4. The van der Waals surface area contributed by atoms with Gasteiger partial charge in [0.1, 0.15) is 5.82 Å². The van der Waals surface area contributed by atoms with E-state index in [0.29, 0.717) is 13.1 Å². The number of halogens is 4. The molecule has 0 aromatic heterocycles. The standard InChI is InChI=1S/C16H15F4N/c1-11-2-7-15(17)8-13(11)10-21-9-12-3-5-14(6-4-12)16(18,19)20/h2-8,21H,9-10H2,1H3. The molecule has 21 heavy (non-hydrogen) atoms. The Morgan fingerprint density at radius 1 is 0.952 bits per heavy atom. The summed E-state index contributed by atoms with van der Waals surface area (Å²) in [6.07, 6.45) is -4.31. The van der Waals surface area contributed by atoms with E-state index in [2.05, 4.69) is 5.32 Å². The molecular weight excluding hydrogens is 282 g/mol. The maximum atomic E-state index is 13.1. The fourth-order valence-corrected chi connectivity index (χ4v) is 1.98. The zero-order valence-electron chi connectivity index (χ0n) is 11.5. The third kappa shape index (κ3) is 4.29. The van der Waals surface area contributed by atoms with E-state index in [9.17, 15) is 17.6 Å². The van der Waals surface area contributed by atoms with Gasteiger partial charge in [-0.05, 0) is 47.9 Å². The summed E-state index contributed by atoms with van der Waals surface area (Å²) in [5, 5.41) is 3.10. The molecule has 0 atom stereocenters.